The topological polar surface area (TPSA) is 41.6 Å². The van der Waals surface area contributed by atoms with Gasteiger partial charge in [0.05, 0.1) is 5.03 Å². The highest BCUT2D eigenvalue weighted by molar-refractivity contribution is 8.06. The molecule has 1 amide bonds. The lowest BCUT2D eigenvalue weighted by atomic mass is 10.5. The van der Waals surface area contributed by atoms with Crippen LogP contribution in [0.2, 0.25) is 0 Å². The fourth-order valence-electron chi connectivity index (χ4n) is 1.35. The van der Waals surface area contributed by atoms with Crippen molar-refractivity contribution >= 4 is 17.7 Å². The number of carbonyl (C=O) groups is 1. The van der Waals surface area contributed by atoms with Crippen LogP contribution in [0, 0.1) is 0 Å². The van der Waals surface area contributed by atoms with Gasteiger partial charge in [0.1, 0.15) is 12.4 Å². The van der Waals surface area contributed by atoms with Crippen molar-refractivity contribution in [3.8, 4) is 0 Å². The summed E-state index contributed by atoms with van der Waals surface area (Å²) in [6, 6.07) is 0. The number of carbonyl (C=O) groups excluding carboxylic acids is 1. The minimum absolute atomic E-state index is 0.154. The summed E-state index contributed by atoms with van der Waals surface area (Å²) in [7, 11) is 0. The van der Waals surface area contributed by atoms with E-state index in [1.54, 1.807) is 0 Å². The summed E-state index contributed by atoms with van der Waals surface area (Å²) in [5.74, 6) is 0.363. The van der Waals surface area contributed by atoms with Crippen LogP contribution in [0.1, 0.15) is 20.8 Å². The molecule has 0 heterocycles. The molecule has 0 aromatic carbocycles. The fraction of sp³-hybridized carbons (Fsp3) is 0.500. The second-order valence-electron chi connectivity index (χ2n) is 3.93. The lowest BCUT2D eigenvalue weighted by molar-refractivity contribution is -0.118. The zero-order valence-electron chi connectivity index (χ0n) is 12.1. The number of hydrogen-bond donors (Lipinski definition) is 1. The minimum atomic E-state index is -0.154. The molecule has 0 aromatic heterocycles. The van der Waals surface area contributed by atoms with Crippen LogP contribution < -0.4 is 5.32 Å². The van der Waals surface area contributed by atoms with E-state index < -0.39 is 0 Å². The Hall–Kier alpha value is -1.20. The van der Waals surface area contributed by atoms with Crippen LogP contribution >= 0.6 is 11.8 Å². The van der Waals surface area contributed by atoms with Gasteiger partial charge in [-0.25, -0.2) is 0 Å². The van der Waals surface area contributed by atoms with Gasteiger partial charge < -0.3 is 15.0 Å². The van der Waals surface area contributed by atoms with Crippen molar-refractivity contribution in [1.82, 2.24) is 10.2 Å². The first kappa shape index (κ1) is 17.8. The zero-order chi connectivity index (χ0) is 14.8. The largest absolute Gasteiger partial charge is 0.492 e. The number of nitrogens with zero attached hydrogens (tertiary/aromatic N) is 1. The first-order valence-electron chi connectivity index (χ1n) is 6.28. The van der Waals surface area contributed by atoms with E-state index in [2.05, 4.69) is 43.8 Å². The Labute approximate surface area is 120 Å². The summed E-state index contributed by atoms with van der Waals surface area (Å²) >= 11 is 1.25. The monoisotopic (exact) mass is 284 g/mol. The molecule has 0 fully saturated rings. The standard InChI is InChI=1S/C14H24N2O2S/c1-7-16(8-2)9-10-18-11(3)12(4)19-14(6)15-13(5)17/h3-4,6-10H2,1-2,5H3,(H,15,17). The molecule has 0 unspecified atom stereocenters. The van der Waals surface area contributed by atoms with E-state index in [9.17, 15) is 4.79 Å². The molecule has 0 bridgehead atoms. The maximum absolute atomic E-state index is 10.8. The molecule has 0 radical (unpaired) electrons. The number of rotatable bonds is 10. The van der Waals surface area contributed by atoms with Crippen LogP contribution in [0.5, 0.6) is 0 Å². The average Bonchev–Trinajstić information content (AvgIpc) is 2.33. The molecule has 0 aliphatic heterocycles. The number of hydrogen-bond acceptors (Lipinski definition) is 4. The zero-order valence-corrected chi connectivity index (χ0v) is 12.9. The molecular formula is C14H24N2O2S. The molecule has 0 spiro atoms. The predicted molar refractivity (Wildman–Crippen MR) is 82.6 cm³/mol. The van der Waals surface area contributed by atoms with Crippen LogP contribution in [-0.2, 0) is 9.53 Å². The van der Waals surface area contributed by atoms with Crippen molar-refractivity contribution in [2.24, 2.45) is 0 Å². The van der Waals surface area contributed by atoms with Crippen molar-refractivity contribution in [2.45, 2.75) is 20.8 Å². The molecule has 0 saturated heterocycles. The number of thioether (sulfide) groups is 1. The van der Waals surface area contributed by atoms with E-state index in [-0.39, 0.29) is 5.91 Å². The van der Waals surface area contributed by atoms with Crippen molar-refractivity contribution in [3.63, 3.8) is 0 Å². The maximum atomic E-state index is 10.8. The second-order valence-corrected chi connectivity index (χ2v) is 5.12. The highest BCUT2D eigenvalue weighted by Crippen LogP contribution is 2.26. The van der Waals surface area contributed by atoms with E-state index >= 15 is 0 Å². The predicted octanol–water partition coefficient (Wildman–Crippen LogP) is 2.71. The van der Waals surface area contributed by atoms with Crippen LogP contribution in [0.15, 0.2) is 35.4 Å². The van der Waals surface area contributed by atoms with Crippen LogP contribution in [0.3, 0.4) is 0 Å². The Morgan fingerprint density at radius 2 is 1.84 bits per heavy atom. The Morgan fingerprint density at radius 3 is 2.32 bits per heavy atom. The molecule has 1 N–H and O–H groups in total. The number of likely N-dealkylation sites (N-methyl/N-ethyl adjacent to an activating group) is 1. The molecule has 0 aliphatic carbocycles. The number of ether oxygens (including phenoxy) is 1. The number of nitrogens with one attached hydrogen (secondary N) is 1. The van der Waals surface area contributed by atoms with Gasteiger partial charge in [-0.3, -0.25) is 4.79 Å². The molecule has 19 heavy (non-hydrogen) atoms. The third kappa shape index (κ3) is 8.51. The highest BCUT2D eigenvalue weighted by atomic mass is 32.2. The SMILES string of the molecule is C=C(NC(C)=O)SC(=C)C(=C)OCCN(CC)CC. The van der Waals surface area contributed by atoms with E-state index in [0.717, 1.165) is 19.6 Å². The quantitative estimate of drug-likeness (QED) is 0.495. The molecule has 0 saturated carbocycles. The molecular weight excluding hydrogens is 260 g/mol. The van der Waals surface area contributed by atoms with Crippen LogP contribution in [0.4, 0.5) is 0 Å². The van der Waals surface area contributed by atoms with Gasteiger partial charge in [-0.05, 0) is 13.1 Å². The van der Waals surface area contributed by atoms with Gasteiger partial charge in [0.25, 0.3) is 0 Å². The number of amides is 1. The molecule has 108 valence electrons. The summed E-state index contributed by atoms with van der Waals surface area (Å²) in [5, 5.41) is 3.10. The smallest absolute Gasteiger partial charge is 0.221 e. The minimum Gasteiger partial charge on any atom is -0.492 e. The van der Waals surface area contributed by atoms with Crippen molar-refractivity contribution < 1.29 is 9.53 Å². The van der Waals surface area contributed by atoms with E-state index in [1.165, 1.54) is 18.7 Å². The van der Waals surface area contributed by atoms with Crippen molar-refractivity contribution in [3.05, 3.63) is 35.4 Å². The van der Waals surface area contributed by atoms with Gasteiger partial charge in [0.2, 0.25) is 5.91 Å². The molecule has 5 heteroatoms. The third-order valence-corrected chi connectivity index (χ3v) is 3.27. The molecule has 0 rings (SSSR count). The van der Waals surface area contributed by atoms with Gasteiger partial charge in [-0.1, -0.05) is 45.3 Å². The summed E-state index contributed by atoms with van der Waals surface area (Å²) < 4.78 is 5.53. The lowest BCUT2D eigenvalue weighted by Gasteiger charge is -2.19. The first-order valence-corrected chi connectivity index (χ1v) is 7.10. The van der Waals surface area contributed by atoms with E-state index in [4.69, 9.17) is 4.74 Å². The van der Waals surface area contributed by atoms with Crippen molar-refractivity contribution in [1.29, 1.82) is 0 Å². The fourth-order valence-corrected chi connectivity index (χ4v) is 2.01. The van der Waals surface area contributed by atoms with Gasteiger partial charge in [0.15, 0.2) is 0 Å². The Morgan fingerprint density at radius 1 is 1.26 bits per heavy atom. The third-order valence-electron chi connectivity index (χ3n) is 2.45. The molecule has 0 atom stereocenters. The Balaban J connectivity index is 3.97. The summed E-state index contributed by atoms with van der Waals surface area (Å²) in [5.41, 5.74) is 0. The van der Waals surface area contributed by atoms with Crippen LogP contribution in [-0.4, -0.2) is 37.0 Å². The first-order chi connectivity index (χ1) is 8.90. The maximum Gasteiger partial charge on any atom is 0.221 e. The van der Waals surface area contributed by atoms with Crippen molar-refractivity contribution in [2.75, 3.05) is 26.2 Å². The highest BCUT2D eigenvalue weighted by Gasteiger charge is 2.07. The van der Waals surface area contributed by atoms with Gasteiger partial charge in [0, 0.05) is 18.4 Å². The lowest BCUT2D eigenvalue weighted by Crippen LogP contribution is -2.27. The Kier molecular flexibility index (Phi) is 9.08. The Bertz CT molecular complexity index is 349. The van der Waals surface area contributed by atoms with Gasteiger partial charge in [-0.2, -0.15) is 0 Å². The average molecular weight is 284 g/mol. The second kappa shape index (κ2) is 9.69. The summed E-state index contributed by atoms with van der Waals surface area (Å²) in [4.78, 5) is 13.8. The summed E-state index contributed by atoms with van der Waals surface area (Å²) in [6.45, 7) is 20.5. The van der Waals surface area contributed by atoms with Gasteiger partial charge in [-0.15, -0.1) is 0 Å². The summed E-state index contributed by atoms with van der Waals surface area (Å²) in [6.07, 6.45) is 0. The molecule has 0 aromatic rings. The molecule has 0 aliphatic rings. The van der Waals surface area contributed by atoms with E-state index in [0.29, 0.717) is 22.3 Å². The normalized spacial score (nSPS) is 10.1. The van der Waals surface area contributed by atoms with E-state index in [1.807, 2.05) is 0 Å². The molecule has 4 nitrogen and oxygen atoms in total. The van der Waals surface area contributed by atoms with Crippen LogP contribution in [0.25, 0.3) is 0 Å². The van der Waals surface area contributed by atoms with Gasteiger partial charge >= 0.3 is 0 Å².